The molecule has 2 aromatic rings. The summed E-state index contributed by atoms with van der Waals surface area (Å²) in [4.78, 5) is 8.62. The molecule has 0 radical (unpaired) electrons. The van der Waals surface area contributed by atoms with Crippen LogP contribution in [-0.2, 0) is 0 Å². The Labute approximate surface area is 133 Å². The molecular formula is C17H16N6. The van der Waals surface area contributed by atoms with Crippen LogP contribution < -0.4 is 16.8 Å². The lowest BCUT2D eigenvalue weighted by molar-refractivity contribution is 1.03. The van der Waals surface area contributed by atoms with E-state index in [4.69, 9.17) is 16.9 Å². The van der Waals surface area contributed by atoms with Gasteiger partial charge in [-0.1, -0.05) is 18.2 Å². The van der Waals surface area contributed by atoms with Crippen molar-refractivity contribution in [3.05, 3.63) is 71.9 Å². The number of hydrogen-bond acceptors (Lipinski definition) is 5. The quantitative estimate of drug-likeness (QED) is 0.394. The molecule has 114 valence electrons. The summed E-state index contributed by atoms with van der Waals surface area (Å²) in [7, 11) is 0. The monoisotopic (exact) mass is 304 g/mol. The van der Waals surface area contributed by atoms with Gasteiger partial charge in [-0.2, -0.15) is 0 Å². The Morgan fingerprint density at radius 2 is 2.00 bits per heavy atom. The van der Waals surface area contributed by atoms with Crippen molar-refractivity contribution in [2.75, 3.05) is 5.73 Å². The molecule has 0 unspecified atom stereocenters. The Bertz CT molecular complexity index is 833. The van der Waals surface area contributed by atoms with Gasteiger partial charge in [0.05, 0.1) is 11.3 Å². The van der Waals surface area contributed by atoms with E-state index in [1.807, 2.05) is 36.5 Å². The first kappa shape index (κ1) is 14.5. The molecule has 1 aromatic heterocycles. The lowest BCUT2D eigenvalue weighted by Gasteiger charge is -2.15. The number of nitrogens with two attached hydrogens (primary N) is 2. The van der Waals surface area contributed by atoms with Crippen molar-refractivity contribution in [3.8, 4) is 0 Å². The van der Waals surface area contributed by atoms with Gasteiger partial charge in [0.1, 0.15) is 11.7 Å². The topological polar surface area (TPSA) is 113 Å². The second-order valence-electron chi connectivity index (χ2n) is 4.98. The molecule has 0 atom stereocenters. The highest BCUT2D eigenvalue weighted by atomic mass is 15.0. The smallest absolute Gasteiger partial charge is 0.143 e. The number of nitrogen functional groups attached to an aromatic ring is 1. The maximum Gasteiger partial charge on any atom is 0.143 e. The van der Waals surface area contributed by atoms with Crippen molar-refractivity contribution in [1.82, 2.24) is 10.3 Å². The minimum absolute atomic E-state index is 0.0934. The van der Waals surface area contributed by atoms with Crippen molar-refractivity contribution >= 4 is 28.9 Å². The predicted octanol–water partition coefficient (Wildman–Crippen LogP) is 1.98. The minimum atomic E-state index is -0.0934. The van der Waals surface area contributed by atoms with Crippen LogP contribution in [0.1, 0.15) is 11.3 Å². The van der Waals surface area contributed by atoms with Crippen molar-refractivity contribution in [2.45, 2.75) is 0 Å². The van der Waals surface area contributed by atoms with Gasteiger partial charge in [-0.25, -0.2) is 4.99 Å². The first-order valence-electron chi connectivity index (χ1n) is 7.02. The number of aliphatic imine (C=N–C) groups is 1. The summed E-state index contributed by atoms with van der Waals surface area (Å²) < 4.78 is 0. The third-order valence-corrected chi connectivity index (χ3v) is 3.34. The van der Waals surface area contributed by atoms with Crippen LogP contribution in [0.5, 0.6) is 0 Å². The highest BCUT2D eigenvalue weighted by molar-refractivity contribution is 6.21. The van der Waals surface area contributed by atoms with E-state index in [0.717, 1.165) is 11.1 Å². The molecule has 3 rings (SSSR count). The largest absolute Gasteiger partial charge is 0.399 e. The van der Waals surface area contributed by atoms with Crippen LogP contribution in [0.2, 0.25) is 0 Å². The second kappa shape index (κ2) is 6.15. The number of rotatable bonds is 3. The van der Waals surface area contributed by atoms with Gasteiger partial charge in [0, 0.05) is 29.9 Å². The van der Waals surface area contributed by atoms with Gasteiger partial charge in [0.25, 0.3) is 0 Å². The van der Waals surface area contributed by atoms with E-state index in [9.17, 15) is 0 Å². The molecule has 23 heavy (non-hydrogen) atoms. The third kappa shape index (κ3) is 3.11. The Hall–Kier alpha value is -3.41. The van der Waals surface area contributed by atoms with Gasteiger partial charge >= 0.3 is 0 Å². The average molecular weight is 304 g/mol. The molecule has 6 heteroatoms. The van der Waals surface area contributed by atoms with Crippen LogP contribution in [0.4, 0.5) is 5.69 Å². The fourth-order valence-corrected chi connectivity index (χ4v) is 2.27. The molecular weight excluding hydrogens is 288 g/mol. The number of anilines is 1. The zero-order valence-corrected chi connectivity index (χ0v) is 12.3. The molecule has 6 nitrogen and oxygen atoms in total. The maximum absolute atomic E-state index is 7.80. The summed E-state index contributed by atoms with van der Waals surface area (Å²) in [5.74, 6) is 0.396. The predicted molar refractivity (Wildman–Crippen MR) is 93.5 cm³/mol. The fraction of sp³-hybridized carbons (Fsp3) is 0. The van der Waals surface area contributed by atoms with E-state index in [0.29, 0.717) is 22.8 Å². The molecule has 1 aromatic carbocycles. The van der Waals surface area contributed by atoms with E-state index < -0.39 is 0 Å². The van der Waals surface area contributed by atoms with Crippen LogP contribution >= 0.6 is 0 Å². The number of amidine groups is 1. The lowest BCUT2D eigenvalue weighted by Crippen LogP contribution is -2.20. The first-order valence-corrected chi connectivity index (χ1v) is 7.02. The third-order valence-electron chi connectivity index (χ3n) is 3.34. The second-order valence-corrected chi connectivity index (χ2v) is 4.98. The highest BCUT2D eigenvalue weighted by Crippen LogP contribution is 2.21. The Morgan fingerprint density at radius 3 is 2.61 bits per heavy atom. The van der Waals surface area contributed by atoms with E-state index in [2.05, 4.69) is 15.3 Å². The van der Waals surface area contributed by atoms with E-state index in [1.165, 1.54) is 0 Å². The van der Waals surface area contributed by atoms with Gasteiger partial charge in [0.15, 0.2) is 0 Å². The zero-order chi connectivity index (χ0) is 16.2. The first-order chi connectivity index (χ1) is 11.1. The van der Waals surface area contributed by atoms with Gasteiger partial charge in [-0.05, 0) is 29.8 Å². The molecule has 2 heterocycles. The van der Waals surface area contributed by atoms with Gasteiger partial charge < -0.3 is 16.8 Å². The van der Waals surface area contributed by atoms with Crippen LogP contribution in [0.3, 0.4) is 0 Å². The minimum Gasteiger partial charge on any atom is -0.399 e. The van der Waals surface area contributed by atoms with Crippen molar-refractivity contribution in [3.63, 3.8) is 0 Å². The molecule has 0 saturated heterocycles. The van der Waals surface area contributed by atoms with Crippen molar-refractivity contribution < 1.29 is 0 Å². The Kier molecular flexibility index (Phi) is 3.88. The van der Waals surface area contributed by atoms with E-state index in [1.54, 1.807) is 24.5 Å². The lowest BCUT2D eigenvalue weighted by atomic mass is 10.1. The van der Waals surface area contributed by atoms with Crippen LogP contribution in [0.15, 0.2) is 65.7 Å². The molecule has 6 N–H and O–H groups in total. The van der Waals surface area contributed by atoms with E-state index in [-0.39, 0.29) is 5.84 Å². The summed E-state index contributed by atoms with van der Waals surface area (Å²) in [6.45, 7) is 0. The van der Waals surface area contributed by atoms with Crippen molar-refractivity contribution in [1.29, 1.82) is 5.41 Å². The number of nitrogens with one attached hydrogen (secondary N) is 2. The van der Waals surface area contributed by atoms with Gasteiger partial charge in [-0.15, -0.1) is 0 Å². The summed E-state index contributed by atoms with van der Waals surface area (Å²) in [5, 5.41) is 10.9. The Balaban J connectivity index is 1.95. The van der Waals surface area contributed by atoms with Gasteiger partial charge in [0.2, 0.25) is 0 Å². The molecule has 0 bridgehead atoms. The van der Waals surface area contributed by atoms with Crippen molar-refractivity contribution in [2.24, 2.45) is 10.7 Å². The van der Waals surface area contributed by atoms with Crippen LogP contribution in [0, 0.1) is 5.41 Å². The summed E-state index contributed by atoms with van der Waals surface area (Å²) >= 11 is 0. The average Bonchev–Trinajstić information content (AvgIpc) is 2.56. The SMILES string of the molecule is N=C(N)/C(=C1/N=CC(c2cccc(N)c2)=CN1)c1ccccn1. The highest BCUT2D eigenvalue weighted by Gasteiger charge is 2.15. The maximum atomic E-state index is 7.80. The number of nitrogens with zero attached hydrogens (tertiary/aromatic N) is 2. The van der Waals surface area contributed by atoms with Gasteiger partial charge in [-0.3, -0.25) is 10.4 Å². The standard InChI is InChI=1S/C17H16N6/c18-13-5-3-4-11(8-13)12-9-22-17(23-10-12)15(16(19)20)14-6-1-2-7-21-14/h1-10,22H,18H2,(H3,19,20)/b17-15+. The summed E-state index contributed by atoms with van der Waals surface area (Å²) in [6, 6.07) is 13.0. The number of allylic oxidation sites excluding steroid dienone is 1. The molecule has 0 spiro atoms. The Morgan fingerprint density at radius 1 is 1.13 bits per heavy atom. The van der Waals surface area contributed by atoms with Crippen LogP contribution in [0.25, 0.3) is 11.1 Å². The molecule has 0 saturated carbocycles. The molecule has 0 amide bonds. The molecule has 1 aliphatic rings. The summed E-state index contributed by atoms with van der Waals surface area (Å²) in [6.07, 6.45) is 5.18. The fourth-order valence-electron chi connectivity index (χ4n) is 2.27. The summed E-state index contributed by atoms with van der Waals surface area (Å²) in [5.41, 5.74) is 15.1. The van der Waals surface area contributed by atoms with Crippen LogP contribution in [-0.4, -0.2) is 17.0 Å². The normalized spacial score (nSPS) is 15.6. The number of aromatic nitrogens is 1. The van der Waals surface area contributed by atoms with E-state index >= 15 is 0 Å². The number of benzene rings is 1. The number of pyridine rings is 1. The number of hydrogen-bond donors (Lipinski definition) is 4. The molecule has 1 aliphatic heterocycles. The zero-order valence-electron chi connectivity index (χ0n) is 12.3. The molecule has 0 fully saturated rings. The molecule has 0 aliphatic carbocycles.